The lowest BCUT2D eigenvalue weighted by molar-refractivity contribution is -0.123. The summed E-state index contributed by atoms with van der Waals surface area (Å²) in [5, 5.41) is 14.4. The topological polar surface area (TPSA) is 65.0 Å². The van der Waals surface area contributed by atoms with Crippen LogP contribution in [0, 0.1) is 19.8 Å². The zero-order valence-electron chi connectivity index (χ0n) is 21.0. The molecule has 0 aromatic heterocycles. The Balaban J connectivity index is 0.00000289. The quantitative estimate of drug-likeness (QED) is 0.624. The Morgan fingerprint density at radius 1 is 1.06 bits per heavy atom. The molecule has 35 heavy (non-hydrogen) atoms. The molecule has 6 nitrogen and oxygen atoms in total. The van der Waals surface area contributed by atoms with E-state index in [0.29, 0.717) is 24.1 Å². The first-order valence-electron chi connectivity index (χ1n) is 12.7. The Hall–Kier alpha value is -2.44. The molecule has 2 aromatic rings. The van der Waals surface area contributed by atoms with Crippen molar-refractivity contribution in [3.8, 4) is 11.5 Å². The van der Waals surface area contributed by atoms with Crippen LogP contribution in [0.4, 0.5) is 5.69 Å². The number of carbonyl (C=O) groups is 1. The van der Waals surface area contributed by atoms with Gasteiger partial charge in [-0.05, 0) is 67.3 Å². The van der Waals surface area contributed by atoms with E-state index in [0.717, 1.165) is 61.6 Å². The molecule has 3 aliphatic rings. The number of nitrogens with zero attached hydrogens (tertiary/aromatic N) is 2. The first-order valence-corrected chi connectivity index (χ1v) is 12.7. The van der Waals surface area contributed by atoms with Crippen molar-refractivity contribution in [1.29, 1.82) is 0 Å². The number of phenolic OH excluding ortho intramolecular Hbond substituents is 1. The summed E-state index contributed by atoms with van der Waals surface area (Å²) in [6.45, 7) is 7.99. The van der Waals surface area contributed by atoms with Crippen LogP contribution in [0.15, 0.2) is 30.3 Å². The van der Waals surface area contributed by atoms with E-state index in [1.54, 1.807) is 7.11 Å². The molecular weight excluding hydrogens is 462 g/mol. The maximum atomic E-state index is 13.2. The van der Waals surface area contributed by atoms with Gasteiger partial charge in [0.1, 0.15) is 11.5 Å². The lowest BCUT2D eigenvalue weighted by Crippen LogP contribution is -2.50. The van der Waals surface area contributed by atoms with E-state index < -0.39 is 0 Å². The Kier molecular flexibility index (Phi) is 7.82. The third-order valence-electron chi connectivity index (χ3n) is 8.18. The lowest BCUT2D eigenvalue weighted by Gasteiger charge is -2.36. The number of hydrogen-bond acceptors (Lipinski definition) is 5. The van der Waals surface area contributed by atoms with Crippen LogP contribution in [0.25, 0.3) is 0 Å². The van der Waals surface area contributed by atoms with Gasteiger partial charge < -0.3 is 20.1 Å². The van der Waals surface area contributed by atoms with E-state index in [1.165, 1.54) is 24.0 Å². The number of anilines is 1. The predicted molar refractivity (Wildman–Crippen MR) is 142 cm³/mol. The van der Waals surface area contributed by atoms with Gasteiger partial charge in [0, 0.05) is 43.5 Å². The molecular formula is C28H38ClN3O3. The van der Waals surface area contributed by atoms with Crippen LogP contribution in [0.3, 0.4) is 0 Å². The number of amides is 1. The van der Waals surface area contributed by atoms with Gasteiger partial charge in [0.2, 0.25) is 5.91 Å². The minimum atomic E-state index is -0.0792. The second kappa shape index (κ2) is 10.7. The molecule has 1 amide bonds. The van der Waals surface area contributed by atoms with E-state index in [9.17, 15) is 9.90 Å². The number of piperazine rings is 1. The number of carbonyl (C=O) groups excluding carboxylic acids is 1. The van der Waals surface area contributed by atoms with E-state index >= 15 is 0 Å². The number of aryl methyl sites for hydroxylation is 2. The highest BCUT2D eigenvalue weighted by Crippen LogP contribution is 2.56. The van der Waals surface area contributed by atoms with Crippen LogP contribution >= 0.6 is 12.4 Å². The average molecular weight is 500 g/mol. The molecule has 3 unspecified atom stereocenters. The number of nitrogens with one attached hydrogen (secondary N) is 1. The Labute approximate surface area is 215 Å². The van der Waals surface area contributed by atoms with Gasteiger partial charge in [0.05, 0.1) is 19.7 Å². The van der Waals surface area contributed by atoms with Gasteiger partial charge >= 0.3 is 0 Å². The van der Waals surface area contributed by atoms with Crippen molar-refractivity contribution in [2.24, 2.45) is 5.92 Å². The second-order valence-electron chi connectivity index (χ2n) is 10.3. The number of rotatable bonds is 5. The molecule has 7 heteroatoms. The van der Waals surface area contributed by atoms with Crippen LogP contribution in [0.2, 0.25) is 0 Å². The summed E-state index contributed by atoms with van der Waals surface area (Å²) in [5.74, 6) is 2.16. The van der Waals surface area contributed by atoms with Crippen molar-refractivity contribution < 1.29 is 14.6 Å². The van der Waals surface area contributed by atoms with Gasteiger partial charge in [-0.15, -0.1) is 12.4 Å². The maximum Gasteiger partial charge on any atom is 0.234 e. The molecule has 1 aliphatic heterocycles. The molecule has 0 radical (unpaired) electrons. The van der Waals surface area contributed by atoms with Crippen molar-refractivity contribution in [3.05, 3.63) is 52.6 Å². The number of benzene rings is 2. The fourth-order valence-electron chi connectivity index (χ4n) is 6.53. The number of aromatic hydroxyl groups is 1. The SMILES string of the molecule is COc1cccc(N2CCN(CC(=O)NC3c4c(O)c(C)cc(C)c4C4CCCCC43)CC2)c1.Cl. The lowest BCUT2D eigenvalue weighted by atomic mass is 9.77. The van der Waals surface area contributed by atoms with Gasteiger partial charge in [-0.3, -0.25) is 9.69 Å². The minimum absolute atomic E-state index is 0. The van der Waals surface area contributed by atoms with Crippen molar-refractivity contribution >= 4 is 24.0 Å². The number of fused-ring (bicyclic) bond motifs is 3. The Morgan fingerprint density at radius 2 is 1.80 bits per heavy atom. The molecule has 1 heterocycles. The number of ether oxygens (including phenoxy) is 1. The molecule has 190 valence electrons. The average Bonchev–Trinajstić information content (AvgIpc) is 3.18. The summed E-state index contributed by atoms with van der Waals surface area (Å²) < 4.78 is 5.36. The normalized spacial score (nSPS) is 23.7. The molecule has 2 N–H and O–H groups in total. The highest BCUT2D eigenvalue weighted by Gasteiger charge is 2.45. The molecule has 3 atom stereocenters. The molecule has 2 aromatic carbocycles. The fraction of sp³-hybridized carbons (Fsp3) is 0.536. The summed E-state index contributed by atoms with van der Waals surface area (Å²) >= 11 is 0. The first kappa shape index (κ1) is 25.6. The highest BCUT2D eigenvalue weighted by molar-refractivity contribution is 5.85. The van der Waals surface area contributed by atoms with Gasteiger partial charge in [-0.2, -0.15) is 0 Å². The molecule has 1 saturated heterocycles. The van der Waals surface area contributed by atoms with Crippen LogP contribution < -0.4 is 15.0 Å². The summed E-state index contributed by atoms with van der Waals surface area (Å²) in [4.78, 5) is 17.8. The molecule has 2 aliphatic carbocycles. The fourth-order valence-corrected chi connectivity index (χ4v) is 6.53. The zero-order valence-corrected chi connectivity index (χ0v) is 21.9. The number of hydrogen-bond donors (Lipinski definition) is 2. The summed E-state index contributed by atoms with van der Waals surface area (Å²) in [7, 11) is 1.69. The second-order valence-corrected chi connectivity index (χ2v) is 10.3. The van der Waals surface area contributed by atoms with Crippen LogP contribution in [0.1, 0.15) is 59.9 Å². The predicted octanol–water partition coefficient (Wildman–Crippen LogP) is 4.71. The largest absolute Gasteiger partial charge is 0.507 e. The molecule has 2 fully saturated rings. The van der Waals surface area contributed by atoms with Crippen molar-refractivity contribution in [1.82, 2.24) is 10.2 Å². The molecule has 0 bridgehead atoms. The first-order chi connectivity index (χ1) is 16.5. The van der Waals surface area contributed by atoms with E-state index in [1.807, 2.05) is 19.1 Å². The van der Waals surface area contributed by atoms with Crippen LogP contribution in [0.5, 0.6) is 11.5 Å². The summed E-state index contributed by atoms with van der Waals surface area (Å²) in [6.07, 6.45) is 4.69. The van der Waals surface area contributed by atoms with Crippen molar-refractivity contribution in [2.75, 3.05) is 44.7 Å². The number of methoxy groups -OCH3 is 1. The van der Waals surface area contributed by atoms with Gasteiger partial charge in [-0.1, -0.05) is 25.0 Å². The van der Waals surface area contributed by atoms with Gasteiger partial charge in [0.25, 0.3) is 0 Å². The van der Waals surface area contributed by atoms with E-state index in [-0.39, 0.29) is 24.4 Å². The minimum Gasteiger partial charge on any atom is -0.507 e. The zero-order chi connectivity index (χ0) is 23.8. The smallest absolute Gasteiger partial charge is 0.234 e. The van der Waals surface area contributed by atoms with Crippen molar-refractivity contribution in [3.63, 3.8) is 0 Å². The third-order valence-corrected chi connectivity index (χ3v) is 8.18. The molecule has 1 saturated carbocycles. The monoisotopic (exact) mass is 499 g/mol. The van der Waals surface area contributed by atoms with E-state index in [4.69, 9.17) is 4.74 Å². The highest BCUT2D eigenvalue weighted by atomic mass is 35.5. The molecule has 5 rings (SSSR count). The standard InChI is InChI=1S/C28H37N3O3.ClH/c1-18-15-19(2)28(33)26-25(18)22-9-4-5-10-23(22)27(26)29-24(32)17-30-11-13-31(14-12-30)20-7-6-8-21(16-20)34-3;/h6-8,15-16,22-23,27,33H,4-5,9-14,17H2,1-3H3,(H,29,32);1H. The summed E-state index contributed by atoms with van der Waals surface area (Å²) in [6, 6.07) is 10.2. The molecule has 0 spiro atoms. The number of halogens is 1. The number of phenols is 1. The van der Waals surface area contributed by atoms with Crippen molar-refractivity contribution in [2.45, 2.75) is 51.5 Å². The third kappa shape index (κ3) is 4.96. The van der Waals surface area contributed by atoms with Crippen LogP contribution in [-0.4, -0.2) is 55.7 Å². The Morgan fingerprint density at radius 3 is 2.54 bits per heavy atom. The summed E-state index contributed by atoms with van der Waals surface area (Å²) in [5.41, 5.74) is 5.61. The van der Waals surface area contributed by atoms with Gasteiger partial charge in [-0.25, -0.2) is 0 Å². The van der Waals surface area contributed by atoms with Gasteiger partial charge in [0.15, 0.2) is 0 Å². The van der Waals surface area contributed by atoms with Crippen LogP contribution in [-0.2, 0) is 4.79 Å². The van der Waals surface area contributed by atoms with E-state index in [2.05, 4.69) is 40.2 Å². The Bertz CT molecular complexity index is 1070. The maximum absolute atomic E-state index is 13.2.